The van der Waals surface area contributed by atoms with Crippen LogP contribution in [0.1, 0.15) is 27.3 Å². The van der Waals surface area contributed by atoms with Crippen LogP contribution in [0.3, 0.4) is 0 Å². The van der Waals surface area contributed by atoms with E-state index in [0.29, 0.717) is 28.1 Å². The second-order valence-electron chi connectivity index (χ2n) is 8.20. The fourth-order valence-electron chi connectivity index (χ4n) is 3.66. The monoisotopic (exact) mass is 542 g/mol. The number of hydrogen-bond donors (Lipinski definition) is 3. The number of nitro groups is 1. The minimum Gasteiger partial charge on any atom is -0.493 e. The molecule has 202 valence electrons. The van der Waals surface area contributed by atoms with Crippen molar-refractivity contribution in [2.24, 2.45) is 0 Å². The molecule has 4 aromatic rings. The number of para-hydroxylation sites is 1. The van der Waals surface area contributed by atoms with Crippen LogP contribution in [-0.2, 0) is 4.79 Å². The summed E-state index contributed by atoms with van der Waals surface area (Å²) in [6, 6.07) is 20.2. The van der Waals surface area contributed by atoms with Crippen LogP contribution in [0.25, 0.3) is 12.2 Å². The lowest BCUT2D eigenvalue weighted by Crippen LogP contribution is -2.21. The summed E-state index contributed by atoms with van der Waals surface area (Å²) < 4.78 is 11.0. The number of rotatable bonds is 10. The fourth-order valence-corrected chi connectivity index (χ4v) is 3.66. The number of aromatic amines is 1. The molecule has 1 aromatic heterocycles. The summed E-state index contributed by atoms with van der Waals surface area (Å²) in [5.41, 5.74) is -0.386. The Kier molecular flexibility index (Phi) is 8.30. The quantitative estimate of drug-likeness (QED) is 0.153. The molecule has 3 aromatic carbocycles. The lowest BCUT2D eigenvalue weighted by atomic mass is 10.0. The highest BCUT2D eigenvalue weighted by atomic mass is 16.6. The Labute approximate surface area is 226 Å². The van der Waals surface area contributed by atoms with Gasteiger partial charge in [0, 0.05) is 11.1 Å². The molecule has 0 saturated carbocycles. The first-order valence-corrected chi connectivity index (χ1v) is 11.7. The van der Waals surface area contributed by atoms with Crippen molar-refractivity contribution >= 4 is 35.2 Å². The SMILES string of the molecule is COc1cc(/C=C/c2nc(O)c([N+](=O)[O-])c(=O)[nH]2)ccc1OCC(=O)Nc1ccccc1C(=O)c1ccccc1. The van der Waals surface area contributed by atoms with Gasteiger partial charge in [0.05, 0.1) is 17.7 Å². The number of hydrogen-bond acceptors (Lipinski definition) is 9. The number of ether oxygens (including phenoxy) is 2. The number of amides is 1. The zero-order valence-electron chi connectivity index (χ0n) is 21.0. The van der Waals surface area contributed by atoms with Crippen LogP contribution in [0, 0.1) is 10.1 Å². The second kappa shape index (κ2) is 12.2. The van der Waals surface area contributed by atoms with E-state index in [4.69, 9.17) is 9.47 Å². The molecular formula is C28H22N4O8. The molecule has 0 saturated heterocycles. The Hall–Kier alpha value is -5.78. The summed E-state index contributed by atoms with van der Waals surface area (Å²) in [5.74, 6) is -1.26. The van der Waals surface area contributed by atoms with Crippen LogP contribution in [0.4, 0.5) is 11.4 Å². The Bertz CT molecular complexity index is 1660. The molecule has 0 atom stereocenters. The van der Waals surface area contributed by atoms with E-state index in [0.717, 1.165) is 0 Å². The molecule has 0 fully saturated rings. The van der Waals surface area contributed by atoms with E-state index in [9.17, 15) is 29.6 Å². The zero-order valence-corrected chi connectivity index (χ0v) is 21.0. The van der Waals surface area contributed by atoms with Crippen LogP contribution in [-0.4, -0.2) is 45.4 Å². The number of aromatic nitrogens is 2. The van der Waals surface area contributed by atoms with Gasteiger partial charge >= 0.3 is 11.2 Å². The van der Waals surface area contributed by atoms with Gasteiger partial charge in [-0.05, 0) is 35.9 Å². The molecule has 1 amide bonds. The van der Waals surface area contributed by atoms with Crippen LogP contribution in [0.5, 0.6) is 17.4 Å². The first-order chi connectivity index (χ1) is 19.3. The van der Waals surface area contributed by atoms with Gasteiger partial charge in [0.25, 0.3) is 11.8 Å². The first kappa shape index (κ1) is 27.3. The summed E-state index contributed by atoms with van der Waals surface area (Å²) in [4.78, 5) is 52.9. The van der Waals surface area contributed by atoms with Crippen molar-refractivity contribution in [3.8, 4) is 17.4 Å². The largest absolute Gasteiger partial charge is 0.493 e. The number of anilines is 1. The second-order valence-corrected chi connectivity index (χ2v) is 8.20. The number of nitrogens with one attached hydrogen (secondary N) is 2. The molecule has 0 spiro atoms. The number of ketones is 1. The number of H-pyrrole nitrogens is 1. The standard InChI is InChI=1S/C28H22N4O8/c1-39-22-15-17(12-14-23-30-27(35)25(32(37)38)28(36)31-23)11-13-21(22)40-16-24(33)29-20-10-6-5-9-19(20)26(34)18-7-3-2-4-8-18/h2-15H,16H2,1H3,(H,29,33)(H2,30,31,35,36)/b14-12+. The number of carbonyl (C=O) groups excluding carboxylic acids is 2. The van der Waals surface area contributed by atoms with Gasteiger partial charge in [0.1, 0.15) is 5.82 Å². The molecule has 3 N–H and O–H groups in total. The van der Waals surface area contributed by atoms with Crippen LogP contribution >= 0.6 is 0 Å². The average Bonchev–Trinajstić information content (AvgIpc) is 2.95. The molecular weight excluding hydrogens is 520 g/mol. The molecule has 4 rings (SSSR count). The molecule has 0 aliphatic heterocycles. The molecule has 0 bridgehead atoms. The van der Waals surface area contributed by atoms with Crippen LogP contribution in [0.15, 0.2) is 77.6 Å². The normalized spacial score (nSPS) is 10.7. The molecule has 0 unspecified atom stereocenters. The molecule has 12 heteroatoms. The highest BCUT2D eigenvalue weighted by Gasteiger charge is 2.21. The Morgan fingerprint density at radius 3 is 2.48 bits per heavy atom. The van der Waals surface area contributed by atoms with E-state index in [1.165, 1.54) is 19.3 Å². The van der Waals surface area contributed by atoms with Crippen LogP contribution in [0.2, 0.25) is 0 Å². The maximum absolute atomic E-state index is 12.9. The lowest BCUT2D eigenvalue weighted by Gasteiger charge is -2.13. The van der Waals surface area contributed by atoms with Crippen molar-refractivity contribution in [3.63, 3.8) is 0 Å². The third kappa shape index (κ3) is 6.37. The average molecular weight is 543 g/mol. The highest BCUT2D eigenvalue weighted by Crippen LogP contribution is 2.29. The summed E-state index contributed by atoms with van der Waals surface area (Å²) >= 11 is 0. The minimum absolute atomic E-state index is 0.102. The van der Waals surface area contributed by atoms with Gasteiger partial charge in [0.2, 0.25) is 0 Å². The van der Waals surface area contributed by atoms with Crippen molar-refractivity contribution in [2.75, 3.05) is 19.0 Å². The van der Waals surface area contributed by atoms with Crippen molar-refractivity contribution in [2.45, 2.75) is 0 Å². The van der Waals surface area contributed by atoms with Crippen molar-refractivity contribution in [1.29, 1.82) is 0 Å². The van der Waals surface area contributed by atoms with Gasteiger partial charge in [0.15, 0.2) is 23.9 Å². The van der Waals surface area contributed by atoms with E-state index in [1.54, 1.807) is 66.7 Å². The van der Waals surface area contributed by atoms with Gasteiger partial charge in [-0.3, -0.25) is 24.5 Å². The molecule has 0 radical (unpaired) electrons. The number of methoxy groups -OCH3 is 1. The smallest absolute Gasteiger partial charge is 0.395 e. The minimum atomic E-state index is -1.09. The van der Waals surface area contributed by atoms with Crippen LogP contribution < -0.4 is 20.3 Å². The summed E-state index contributed by atoms with van der Waals surface area (Å²) in [5, 5.41) is 23.2. The van der Waals surface area contributed by atoms with Gasteiger partial charge in [-0.1, -0.05) is 54.6 Å². The predicted molar refractivity (Wildman–Crippen MR) is 146 cm³/mol. The van der Waals surface area contributed by atoms with Crippen molar-refractivity contribution in [3.05, 3.63) is 116 Å². The Morgan fingerprint density at radius 2 is 1.77 bits per heavy atom. The molecule has 1 heterocycles. The van der Waals surface area contributed by atoms with Gasteiger partial charge in [-0.15, -0.1) is 0 Å². The predicted octanol–water partition coefficient (Wildman–Crippen LogP) is 3.81. The summed E-state index contributed by atoms with van der Waals surface area (Å²) in [6.07, 6.45) is 2.85. The Balaban J connectivity index is 1.43. The van der Waals surface area contributed by atoms with Gasteiger partial charge in [-0.2, -0.15) is 4.98 Å². The van der Waals surface area contributed by atoms with Crippen molar-refractivity contribution < 1.29 is 29.1 Å². The number of carbonyl (C=O) groups is 2. The van der Waals surface area contributed by atoms with E-state index in [-0.39, 0.29) is 24.0 Å². The van der Waals surface area contributed by atoms with E-state index in [2.05, 4.69) is 15.3 Å². The molecule has 0 aliphatic rings. The number of benzene rings is 3. The fraction of sp³-hybridized carbons (Fsp3) is 0.0714. The first-order valence-electron chi connectivity index (χ1n) is 11.7. The molecule has 12 nitrogen and oxygen atoms in total. The summed E-state index contributed by atoms with van der Waals surface area (Å²) in [6.45, 7) is -0.368. The van der Waals surface area contributed by atoms with Gasteiger partial charge in [-0.25, -0.2) is 0 Å². The highest BCUT2D eigenvalue weighted by molar-refractivity contribution is 6.13. The zero-order chi connectivity index (χ0) is 28.6. The molecule has 40 heavy (non-hydrogen) atoms. The van der Waals surface area contributed by atoms with Crippen molar-refractivity contribution in [1.82, 2.24) is 9.97 Å². The topological polar surface area (TPSA) is 174 Å². The number of aromatic hydroxyl groups is 1. The van der Waals surface area contributed by atoms with E-state index in [1.807, 2.05) is 6.07 Å². The maximum Gasteiger partial charge on any atom is 0.395 e. The maximum atomic E-state index is 12.9. The van der Waals surface area contributed by atoms with E-state index >= 15 is 0 Å². The summed E-state index contributed by atoms with van der Waals surface area (Å²) in [7, 11) is 1.41. The third-order valence-electron chi connectivity index (χ3n) is 5.54. The van der Waals surface area contributed by atoms with Gasteiger partial charge < -0.3 is 24.9 Å². The number of nitrogens with zero attached hydrogens (tertiary/aromatic N) is 2. The third-order valence-corrected chi connectivity index (χ3v) is 5.54. The Morgan fingerprint density at radius 1 is 1.05 bits per heavy atom. The molecule has 0 aliphatic carbocycles. The van der Waals surface area contributed by atoms with E-state index < -0.39 is 28.0 Å². The lowest BCUT2D eigenvalue weighted by molar-refractivity contribution is -0.387.